The number of nitrogens with one attached hydrogen (secondary N) is 1. The maximum absolute atomic E-state index is 12.8. The van der Waals surface area contributed by atoms with Crippen molar-refractivity contribution in [2.75, 3.05) is 44.2 Å². The van der Waals surface area contributed by atoms with E-state index in [1.165, 1.54) is 0 Å². The minimum absolute atomic E-state index is 0.00181. The van der Waals surface area contributed by atoms with Crippen LogP contribution in [0.2, 0.25) is 0 Å². The molecule has 0 bridgehead atoms. The van der Waals surface area contributed by atoms with Crippen LogP contribution in [0.15, 0.2) is 24.3 Å². The summed E-state index contributed by atoms with van der Waals surface area (Å²) in [6.07, 6.45) is 4.92. The molecular weight excluding hydrogens is 420 g/mol. The number of anilines is 1. The van der Waals surface area contributed by atoms with Crippen LogP contribution in [-0.4, -0.2) is 72.7 Å². The quantitative estimate of drug-likeness (QED) is 0.737. The van der Waals surface area contributed by atoms with E-state index in [0.29, 0.717) is 50.4 Å². The number of carbonyl (C=O) groups is 4. The predicted octanol–water partition coefficient (Wildman–Crippen LogP) is 2.04. The zero-order valence-electron chi connectivity index (χ0n) is 19.4. The van der Waals surface area contributed by atoms with Crippen LogP contribution >= 0.6 is 0 Å². The minimum atomic E-state index is -0.313. The first-order valence-electron chi connectivity index (χ1n) is 12.2. The molecule has 3 heterocycles. The third-order valence-electron chi connectivity index (χ3n) is 7.21. The van der Waals surface area contributed by atoms with Crippen LogP contribution in [0.1, 0.15) is 55.8 Å². The molecule has 1 N–H and O–H groups in total. The monoisotopic (exact) mass is 454 g/mol. The highest BCUT2D eigenvalue weighted by atomic mass is 16.2. The molecule has 0 unspecified atom stereocenters. The summed E-state index contributed by atoms with van der Waals surface area (Å²) in [7, 11) is 0. The summed E-state index contributed by atoms with van der Waals surface area (Å²) >= 11 is 0. The summed E-state index contributed by atoms with van der Waals surface area (Å²) < 4.78 is 0. The molecule has 33 heavy (non-hydrogen) atoms. The van der Waals surface area contributed by atoms with E-state index in [4.69, 9.17) is 0 Å². The molecule has 0 radical (unpaired) electrons. The van der Waals surface area contributed by atoms with Gasteiger partial charge in [-0.05, 0) is 62.3 Å². The first-order valence-corrected chi connectivity index (χ1v) is 12.2. The Labute approximate surface area is 195 Å². The molecule has 178 valence electrons. The Kier molecular flexibility index (Phi) is 7.30. The largest absolute Gasteiger partial charge is 0.343 e. The van der Waals surface area contributed by atoms with Gasteiger partial charge in [-0.25, -0.2) is 0 Å². The van der Waals surface area contributed by atoms with Crippen molar-refractivity contribution in [3.05, 3.63) is 29.8 Å². The van der Waals surface area contributed by atoms with Crippen molar-refractivity contribution in [3.63, 3.8) is 0 Å². The number of rotatable bonds is 5. The van der Waals surface area contributed by atoms with Crippen LogP contribution in [0.3, 0.4) is 0 Å². The Hall–Kier alpha value is -2.90. The van der Waals surface area contributed by atoms with Gasteiger partial charge in [0.2, 0.25) is 17.7 Å². The molecule has 3 fully saturated rings. The van der Waals surface area contributed by atoms with Gasteiger partial charge in [0, 0.05) is 56.3 Å². The van der Waals surface area contributed by atoms with E-state index in [-0.39, 0.29) is 36.1 Å². The lowest BCUT2D eigenvalue weighted by Crippen LogP contribution is -2.48. The standard InChI is InChI=1S/C25H34N4O4/c1-18-8-13-28(14-9-18)25(33)20-10-15-27(16-11-20)23(31)17-26-24(32)19-4-6-21(7-5-19)29-12-2-3-22(29)30/h4-7,18,20H,2-3,8-17H2,1H3,(H,26,32). The number of piperidine rings is 2. The topological polar surface area (TPSA) is 90.0 Å². The van der Waals surface area contributed by atoms with E-state index in [0.717, 1.165) is 38.0 Å². The average Bonchev–Trinajstić information content (AvgIpc) is 3.28. The first-order chi connectivity index (χ1) is 15.9. The molecule has 3 aliphatic heterocycles. The second-order valence-corrected chi connectivity index (χ2v) is 9.54. The van der Waals surface area contributed by atoms with Crippen molar-refractivity contribution in [1.29, 1.82) is 0 Å². The van der Waals surface area contributed by atoms with Gasteiger partial charge in [-0.2, -0.15) is 0 Å². The summed E-state index contributed by atoms with van der Waals surface area (Å²) in [5.41, 5.74) is 1.25. The van der Waals surface area contributed by atoms with Crippen LogP contribution < -0.4 is 10.2 Å². The van der Waals surface area contributed by atoms with Gasteiger partial charge in [0.1, 0.15) is 0 Å². The van der Waals surface area contributed by atoms with E-state index in [9.17, 15) is 19.2 Å². The van der Waals surface area contributed by atoms with Gasteiger partial charge in [-0.1, -0.05) is 6.92 Å². The molecule has 0 saturated carbocycles. The van der Waals surface area contributed by atoms with Crippen LogP contribution in [-0.2, 0) is 14.4 Å². The summed E-state index contributed by atoms with van der Waals surface area (Å²) in [5, 5.41) is 2.70. The summed E-state index contributed by atoms with van der Waals surface area (Å²) in [6.45, 7) is 5.67. The highest BCUT2D eigenvalue weighted by molar-refractivity contribution is 5.98. The first kappa shape index (κ1) is 23.3. The molecular formula is C25H34N4O4. The van der Waals surface area contributed by atoms with Gasteiger partial charge in [0.25, 0.3) is 5.91 Å². The van der Waals surface area contributed by atoms with Gasteiger partial charge < -0.3 is 20.0 Å². The molecule has 8 heteroatoms. The molecule has 3 aliphatic rings. The summed E-state index contributed by atoms with van der Waals surface area (Å²) in [6, 6.07) is 6.90. The van der Waals surface area contributed by atoms with Crippen molar-refractivity contribution in [2.24, 2.45) is 11.8 Å². The lowest BCUT2D eigenvalue weighted by Gasteiger charge is -2.36. The molecule has 0 aliphatic carbocycles. The molecule has 8 nitrogen and oxygen atoms in total. The average molecular weight is 455 g/mol. The highest BCUT2D eigenvalue weighted by Gasteiger charge is 2.31. The smallest absolute Gasteiger partial charge is 0.251 e. The number of amides is 4. The Morgan fingerprint density at radius 3 is 2.15 bits per heavy atom. The van der Waals surface area contributed by atoms with Crippen molar-refractivity contribution in [3.8, 4) is 0 Å². The van der Waals surface area contributed by atoms with Crippen molar-refractivity contribution >= 4 is 29.3 Å². The van der Waals surface area contributed by atoms with Crippen molar-refractivity contribution in [1.82, 2.24) is 15.1 Å². The molecule has 1 aromatic rings. The SMILES string of the molecule is CC1CCN(C(=O)C2CCN(C(=O)CNC(=O)c3ccc(N4CCCC4=O)cc3)CC2)CC1. The minimum Gasteiger partial charge on any atom is -0.343 e. The molecule has 0 spiro atoms. The number of likely N-dealkylation sites (tertiary alicyclic amines) is 2. The molecule has 3 saturated heterocycles. The third-order valence-corrected chi connectivity index (χ3v) is 7.21. The fraction of sp³-hybridized carbons (Fsp3) is 0.600. The zero-order chi connectivity index (χ0) is 23.4. The fourth-order valence-electron chi connectivity index (χ4n) is 4.95. The molecule has 0 aromatic heterocycles. The molecule has 4 amide bonds. The summed E-state index contributed by atoms with van der Waals surface area (Å²) in [5.74, 6) is 0.594. The maximum Gasteiger partial charge on any atom is 0.251 e. The van der Waals surface area contributed by atoms with Crippen LogP contribution in [0.5, 0.6) is 0 Å². The maximum atomic E-state index is 12.8. The van der Waals surface area contributed by atoms with Crippen LogP contribution in [0, 0.1) is 11.8 Å². The molecule has 1 aromatic carbocycles. The van der Waals surface area contributed by atoms with Gasteiger partial charge in [0.15, 0.2) is 0 Å². The second-order valence-electron chi connectivity index (χ2n) is 9.54. The fourth-order valence-corrected chi connectivity index (χ4v) is 4.95. The number of benzene rings is 1. The zero-order valence-corrected chi connectivity index (χ0v) is 19.4. The number of carbonyl (C=O) groups excluding carboxylic acids is 4. The Morgan fingerprint density at radius 1 is 0.909 bits per heavy atom. The van der Waals surface area contributed by atoms with E-state index < -0.39 is 0 Å². The highest BCUT2D eigenvalue weighted by Crippen LogP contribution is 2.24. The van der Waals surface area contributed by atoms with Gasteiger partial charge in [-0.3, -0.25) is 19.2 Å². The second kappa shape index (κ2) is 10.4. The lowest BCUT2D eigenvalue weighted by atomic mass is 9.92. The number of nitrogens with zero attached hydrogens (tertiary/aromatic N) is 3. The van der Waals surface area contributed by atoms with Gasteiger partial charge >= 0.3 is 0 Å². The lowest BCUT2D eigenvalue weighted by molar-refractivity contribution is -0.141. The van der Waals surface area contributed by atoms with Crippen LogP contribution in [0.4, 0.5) is 5.69 Å². The summed E-state index contributed by atoms with van der Waals surface area (Å²) in [4.78, 5) is 55.1. The van der Waals surface area contributed by atoms with Gasteiger partial charge in [0.05, 0.1) is 6.54 Å². The Morgan fingerprint density at radius 2 is 1.55 bits per heavy atom. The Bertz CT molecular complexity index is 884. The molecule has 4 rings (SSSR count). The van der Waals surface area contributed by atoms with E-state index in [1.807, 2.05) is 4.90 Å². The van der Waals surface area contributed by atoms with Crippen LogP contribution in [0.25, 0.3) is 0 Å². The predicted molar refractivity (Wildman–Crippen MR) is 125 cm³/mol. The van der Waals surface area contributed by atoms with Crippen molar-refractivity contribution < 1.29 is 19.2 Å². The Balaban J connectivity index is 1.20. The van der Waals surface area contributed by atoms with E-state index in [1.54, 1.807) is 34.1 Å². The van der Waals surface area contributed by atoms with E-state index in [2.05, 4.69) is 12.2 Å². The van der Waals surface area contributed by atoms with E-state index >= 15 is 0 Å². The third kappa shape index (κ3) is 5.54. The number of hydrogen-bond acceptors (Lipinski definition) is 4. The van der Waals surface area contributed by atoms with Gasteiger partial charge in [-0.15, -0.1) is 0 Å². The number of hydrogen-bond donors (Lipinski definition) is 1. The van der Waals surface area contributed by atoms with Crippen molar-refractivity contribution in [2.45, 2.75) is 45.4 Å². The normalized spacial score (nSPS) is 20.3. The molecule has 0 atom stereocenters.